The predicted octanol–water partition coefficient (Wildman–Crippen LogP) is 3.58. The lowest BCUT2D eigenvalue weighted by molar-refractivity contribution is -0.385. The third-order valence-corrected chi connectivity index (χ3v) is 7.07. The molecule has 1 fully saturated rings. The highest BCUT2D eigenvalue weighted by Gasteiger charge is 2.28. The Bertz CT molecular complexity index is 1030. The molecule has 3 rings (SSSR count). The van der Waals surface area contributed by atoms with E-state index in [1.54, 1.807) is 19.1 Å². The zero-order chi connectivity index (χ0) is 21.2. The minimum atomic E-state index is -3.58. The van der Waals surface area contributed by atoms with E-state index in [1.165, 1.54) is 34.6 Å². The summed E-state index contributed by atoms with van der Waals surface area (Å²) in [5.41, 5.74) is 0.453. The molecule has 0 radical (unpaired) electrons. The van der Waals surface area contributed by atoms with Gasteiger partial charge in [0.1, 0.15) is 5.56 Å². The van der Waals surface area contributed by atoms with Crippen LogP contribution in [0.5, 0.6) is 0 Å². The molecule has 0 unspecified atom stereocenters. The molecule has 1 saturated heterocycles. The van der Waals surface area contributed by atoms with E-state index in [9.17, 15) is 23.3 Å². The molecular weight excluding hydrogens is 394 g/mol. The lowest BCUT2D eigenvalue weighted by atomic mass is 10.0. The number of hydrogen-bond acceptors (Lipinski definition) is 5. The van der Waals surface area contributed by atoms with E-state index < -0.39 is 20.9 Å². The van der Waals surface area contributed by atoms with E-state index >= 15 is 0 Å². The number of sulfonamides is 1. The molecule has 1 aliphatic heterocycles. The van der Waals surface area contributed by atoms with Crippen molar-refractivity contribution in [3.8, 4) is 0 Å². The second-order valence-corrected chi connectivity index (χ2v) is 9.23. The van der Waals surface area contributed by atoms with Crippen LogP contribution in [0.15, 0.2) is 47.4 Å². The SMILES string of the molecule is Cc1cccc(C(=O)Nc2ccc(S(=O)(=O)N3CCC(C)CC3)cc2)c1[N+](=O)[O-]. The van der Waals surface area contributed by atoms with Gasteiger partial charge in [-0.05, 0) is 56.0 Å². The van der Waals surface area contributed by atoms with Crippen LogP contribution in [-0.2, 0) is 10.0 Å². The molecule has 2 aromatic carbocycles. The number of aryl methyl sites for hydroxylation is 1. The number of rotatable bonds is 5. The zero-order valence-electron chi connectivity index (χ0n) is 16.3. The van der Waals surface area contributed by atoms with E-state index in [1.807, 2.05) is 0 Å². The van der Waals surface area contributed by atoms with Crippen LogP contribution in [0.3, 0.4) is 0 Å². The van der Waals surface area contributed by atoms with Crippen LogP contribution in [0, 0.1) is 23.0 Å². The molecule has 29 heavy (non-hydrogen) atoms. The fourth-order valence-corrected chi connectivity index (χ4v) is 4.84. The number of carbonyl (C=O) groups excluding carboxylic acids is 1. The molecule has 0 atom stereocenters. The topological polar surface area (TPSA) is 110 Å². The summed E-state index contributed by atoms with van der Waals surface area (Å²) in [6.07, 6.45) is 1.67. The van der Waals surface area contributed by atoms with E-state index in [-0.39, 0.29) is 16.1 Å². The fraction of sp³-hybridized carbons (Fsp3) is 0.350. The molecule has 1 aliphatic rings. The number of nitrogens with one attached hydrogen (secondary N) is 1. The smallest absolute Gasteiger partial charge is 0.285 e. The molecule has 0 aliphatic carbocycles. The van der Waals surface area contributed by atoms with Crippen molar-refractivity contribution in [2.75, 3.05) is 18.4 Å². The van der Waals surface area contributed by atoms with Gasteiger partial charge < -0.3 is 5.32 Å². The van der Waals surface area contributed by atoms with Crippen LogP contribution in [0.25, 0.3) is 0 Å². The Morgan fingerprint density at radius 1 is 1.14 bits per heavy atom. The van der Waals surface area contributed by atoms with Gasteiger partial charge in [0.2, 0.25) is 10.0 Å². The van der Waals surface area contributed by atoms with E-state index in [0.717, 1.165) is 12.8 Å². The van der Waals surface area contributed by atoms with Gasteiger partial charge in [-0.3, -0.25) is 14.9 Å². The summed E-state index contributed by atoms with van der Waals surface area (Å²) in [5.74, 6) is -0.106. The Labute approximate surface area is 169 Å². The number of nitro benzene ring substituents is 1. The van der Waals surface area contributed by atoms with Crippen molar-refractivity contribution in [2.45, 2.75) is 31.6 Å². The van der Waals surface area contributed by atoms with Crippen molar-refractivity contribution in [2.24, 2.45) is 5.92 Å². The highest BCUT2D eigenvalue weighted by atomic mass is 32.2. The molecule has 1 N–H and O–H groups in total. The first-order valence-electron chi connectivity index (χ1n) is 9.35. The summed E-state index contributed by atoms with van der Waals surface area (Å²) >= 11 is 0. The molecule has 2 aromatic rings. The second kappa shape index (κ2) is 8.30. The molecule has 9 heteroatoms. The van der Waals surface area contributed by atoms with Gasteiger partial charge in [-0.15, -0.1) is 0 Å². The molecule has 1 heterocycles. The summed E-state index contributed by atoms with van der Waals surface area (Å²) in [5, 5.41) is 13.9. The maximum absolute atomic E-state index is 12.8. The van der Waals surface area contributed by atoms with E-state index in [2.05, 4.69) is 12.2 Å². The summed E-state index contributed by atoms with van der Waals surface area (Å²) in [6, 6.07) is 10.4. The number of amides is 1. The molecule has 0 saturated carbocycles. The zero-order valence-corrected chi connectivity index (χ0v) is 17.1. The number of nitrogens with zero attached hydrogens (tertiary/aromatic N) is 2. The Kier molecular flexibility index (Phi) is 5.99. The lowest BCUT2D eigenvalue weighted by Gasteiger charge is -2.29. The second-order valence-electron chi connectivity index (χ2n) is 7.29. The Hall–Kier alpha value is -2.78. The van der Waals surface area contributed by atoms with Gasteiger partial charge in [-0.2, -0.15) is 4.31 Å². The minimum Gasteiger partial charge on any atom is -0.322 e. The van der Waals surface area contributed by atoms with Crippen molar-refractivity contribution < 1.29 is 18.1 Å². The summed E-state index contributed by atoms with van der Waals surface area (Å²) in [4.78, 5) is 23.4. The normalized spacial score (nSPS) is 15.8. The summed E-state index contributed by atoms with van der Waals surface area (Å²) in [6.45, 7) is 4.67. The number of benzene rings is 2. The molecule has 154 valence electrons. The maximum Gasteiger partial charge on any atom is 0.285 e. The van der Waals surface area contributed by atoms with Gasteiger partial charge in [-0.25, -0.2) is 8.42 Å². The number of piperidine rings is 1. The van der Waals surface area contributed by atoms with Crippen LogP contribution in [-0.4, -0.2) is 36.6 Å². The first-order chi connectivity index (χ1) is 13.7. The lowest BCUT2D eigenvalue weighted by Crippen LogP contribution is -2.37. The van der Waals surface area contributed by atoms with Crippen molar-refractivity contribution >= 4 is 27.3 Å². The number of nitro groups is 1. The molecule has 1 amide bonds. The Balaban J connectivity index is 1.77. The number of hydrogen-bond donors (Lipinski definition) is 1. The minimum absolute atomic E-state index is 0.0471. The third kappa shape index (κ3) is 4.46. The molecule has 0 aromatic heterocycles. The number of carbonyl (C=O) groups is 1. The van der Waals surface area contributed by atoms with Crippen molar-refractivity contribution in [3.05, 3.63) is 63.7 Å². The monoisotopic (exact) mass is 417 g/mol. The predicted molar refractivity (Wildman–Crippen MR) is 109 cm³/mol. The van der Waals surface area contributed by atoms with E-state index in [4.69, 9.17) is 0 Å². The average Bonchev–Trinajstić information content (AvgIpc) is 2.68. The van der Waals surface area contributed by atoms with Crippen LogP contribution >= 0.6 is 0 Å². The average molecular weight is 417 g/mol. The van der Waals surface area contributed by atoms with Crippen LogP contribution in [0.2, 0.25) is 0 Å². The van der Waals surface area contributed by atoms with Gasteiger partial charge in [0, 0.05) is 24.3 Å². The fourth-order valence-electron chi connectivity index (χ4n) is 3.37. The highest BCUT2D eigenvalue weighted by molar-refractivity contribution is 7.89. The van der Waals surface area contributed by atoms with Gasteiger partial charge in [0.05, 0.1) is 9.82 Å². The summed E-state index contributed by atoms with van der Waals surface area (Å²) < 4.78 is 27.0. The summed E-state index contributed by atoms with van der Waals surface area (Å²) in [7, 11) is -3.58. The Morgan fingerprint density at radius 3 is 2.34 bits per heavy atom. The van der Waals surface area contributed by atoms with Gasteiger partial charge in [-0.1, -0.05) is 19.1 Å². The first-order valence-corrected chi connectivity index (χ1v) is 10.8. The van der Waals surface area contributed by atoms with Crippen LogP contribution < -0.4 is 5.32 Å². The van der Waals surface area contributed by atoms with Gasteiger partial charge >= 0.3 is 0 Å². The largest absolute Gasteiger partial charge is 0.322 e. The molecule has 8 nitrogen and oxygen atoms in total. The maximum atomic E-state index is 12.8. The van der Waals surface area contributed by atoms with Gasteiger partial charge in [0.25, 0.3) is 11.6 Å². The van der Waals surface area contributed by atoms with Crippen molar-refractivity contribution in [3.63, 3.8) is 0 Å². The quantitative estimate of drug-likeness (QED) is 0.591. The standard InChI is InChI=1S/C20H23N3O5S/c1-14-10-12-22(13-11-14)29(27,28)17-8-6-16(7-9-17)21-20(24)18-5-3-4-15(2)19(18)23(25)26/h3-9,14H,10-13H2,1-2H3,(H,21,24). The van der Waals surface area contributed by atoms with Crippen LogP contribution in [0.1, 0.15) is 35.7 Å². The first kappa shape index (κ1) is 20.9. The van der Waals surface area contributed by atoms with E-state index in [0.29, 0.717) is 30.3 Å². The van der Waals surface area contributed by atoms with Crippen LogP contribution in [0.4, 0.5) is 11.4 Å². The van der Waals surface area contributed by atoms with Gasteiger partial charge in [0.15, 0.2) is 0 Å². The number of anilines is 1. The third-order valence-electron chi connectivity index (χ3n) is 5.16. The Morgan fingerprint density at radius 2 is 1.76 bits per heavy atom. The molecule has 0 bridgehead atoms. The van der Waals surface area contributed by atoms with Crippen molar-refractivity contribution in [1.29, 1.82) is 0 Å². The number of para-hydroxylation sites is 1. The van der Waals surface area contributed by atoms with Crippen molar-refractivity contribution in [1.82, 2.24) is 4.31 Å². The highest BCUT2D eigenvalue weighted by Crippen LogP contribution is 2.26. The molecular formula is C20H23N3O5S. The molecule has 0 spiro atoms.